The standard InChI is InChI=1S/C14H18N2O2/c17-12-2-1-7-15-13(12)14(18)16-8-11(9-3-4-9)10-5-6-10/h1-2,7,9-11,17H,3-6,8H2,(H,16,18). The SMILES string of the molecule is O=C(NCC(C1CC1)C1CC1)c1ncccc1O. The number of carbonyl (C=O) groups excluding carboxylic acids is 1. The molecule has 2 N–H and O–H groups in total. The number of rotatable bonds is 5. The fraction of sp³-hybridized carbons (Fsp3) is 0.571. The number of hydrogen-bond donors (Lipinski definition) is 2. The third kappa shape index (κ3) is 2.47. The van der Waals surface area contributed by atoms with Gasteiger partial charge in [-0.2, -0.15) is 0 Å². The van der Waals surface area contributed by atoms with Gasteiger partial charge in [0, 0.05) is 12.7 Å². The molecule has 1 aromatic heterocycles. The van der Waals surface area contributed by atoms with E-state index in [4.69, 9.17) is 0 Å². The van der Waals surface area contributed by atoms with Crippen molar-refractivity contribution in [1.29, 1.82) is 0 Å². The summed E-state index contributed by atoms with van der Waals surface area (Å²) in [6.45, 7) is 0.726. The van der Waals surface area contributed by atoms with Crippen molar-refractivity contribution in [3.63, 3.8) is 0 Å². The highest BCUT2D eigenvalue weighted by Crippen LogP contribution is 2.48. The van der Waals surface area contributed by atoms with E-state index >= 15 is 0 Å². The van der Waals surface area contributed by atoms with Crippen LogP contribution in [0.25, 0.3) is 0 Å². The zero-order valence-electron chi connectivity index (χ0n) is 10.3. The van der Waals surface area contributed by atoms with E-state index in [-0.39, 0.29) is 17.4 Å². The topological polar surface area (TPSA) is 62.2 Å². The van der Waals surface area contributed by atoms with E-state index < -0.39 is 0 Å². The van der Waals surface area contributed by atoms with Crippen LogP contribution in [0.3, 0.4) is 0 Å². The molecule has 0 aromatic carbocycles. The monoisotopic (exact) mass is 246 g/mol. The van der Waals surface area contributed by atoms with Crippen LogP contribution in [0.2, 0.25) is 0 Å². The minimum atomic E-state index is -0.264. The second-order valence-electron chi connectivity index (χ2n) is 5.42. The van der Waals surface area contributed by atoms with Crippen molar-refractivity contribution >= 4 is 5.91 Å². The van der Waals surface area contributed by atoms with Gasteiger partial charge >= 0.3 is 0 Å². The maximum absolute atomic E-state index is 11.9. The molecule has 1 amide bonds. The van der Waals surface area contributed by atoms with Gasteiger partial charge in [0.05, 0.1) is 0 Å². The van der Waals surface area contributed by atoms with Gasteiger partial charge in [0.1, 0.15) is 5.75 Å². The summed E-state index contributed by atoms with van der Waals surface area (Å²) in [4.78, 5) is 15.8. The average Bonchev–Trinajstić information content (AvgIpc) is 3.24. The first-order valence-electron chi connectivity index (χ1n) is 6.68. The van der Waals surface area contributed by atoms with E-state index in [2.05, 4.69) is 10.3 Å². The molecule has 18 heavy (non-hydrogen) atoms. The van der Waals surface area contributed by atoms with Crippen LogP contribution >= 0.6 is 0 Å². The van der Waals surface area contributed by atoms with Crippen LogP contribution in [0.1, 0.15) is 36.2 Å². The Morgan fingerprint density at radius 2 is 2.06 bits per heavy atom. The van der Waals surface area contributed by atoms with Gasteiger partial charge in [-0.15, -0.1) is 0 Å². The lowest BCUT2D eigenvalue weighted by molar-refractivity contribution is 0.0935. The third-order valence-electron chi connectivity index (χ3n) is 3.95. The van der Waals surface area contributed by atoms with Gasteiger partial charge in [-0.3, -0.25) is 4.79 Å². The molecule has 0 bridgehead atoms. The number of aromatic hydroxyl groups is 1. The quantitative estimate of drug-likeness (QED) is 0.834. The molecular formula is C14H18N2O2. The van der Waals surface area contributed by atoms with E-state index in [0.29, 0.717) is 5.92 Å². The van der Waals surface area contributed by atoms with Gasteiger partial charge in [0.15, 0.2) is 5.69 Å². The zero-order valence-corrected chi connectivity index (χ0v) is 10.3. The lowest BCUT2D eigenvalue weighted by Gasteiger charge is -2.16. The van der Waals surface area contributed by atoms with Crippen LogP contribution in [0.15, 0.2) is 18.3 Å². The van der Waals surface area contributed by atoms with Crippen LogP contribution < -0.4 is 5.32 Å². The minimum Gasteiger partial charge on any atom is -0.505 e. The fourth-order valence-electron chi connectivity index (χ4n) is 2.63. The molecule has 96 valence electrons. The highest BCUT2D eigenvalue weighted by molar-refractivity contribution is 5.94. The number of nitrogens with one attached hydrogen (secondary N) is 1. The Labute approximate surface area is 106 Å². The predicted molar refractivity (Wildman–Crippen MR) is 67.2 cm³/mol. The van der Waals surface area contributed by atoms with Crippen LogP contribution in [0.5, 0.6) is 5.75 Å². The molecule has 0 radical (unpaired) electrons. The van der Waals surface area contributed by atoms with Gasteiger partial charge in [0.25, 0.3) is 5.91 Å². The van der Waals surface area contributed by atoms with Gasteiger partial charge in [-0.05, 0) is 55.6 Å². The molecule has 3 rings (SSSR count). The smallest absolute Gasteiger partial charge is 0.273 e. The predicted octanol–water partition coefficient (Wildman–Crippen LogP) is 1.95. The molecule has 4 heteroatoms. The molecule has 2 fully saturated rings. The molecule has 2 saturated carbocycles. The second-order valence-corrected chi connectivity index (χ2v) is 5.42. The summed E-state index contributed by atoms with van der Waals surface area (Å²) in [5, 5.41) is 12.5. The Bertz CT molecular complexity index is 441. The first-order valence-corrected chi connectivity index (χ1v) is 6.68. The van der Waals surface area contributed by atoms with Gasteiger partial charge < -0.3 is 10.4 Å². The van der Waals surface area contributed by atoms with Crippen LogP contribution in [0, 0.1) is 17.8 Å². The Balaban J connectivity index is 1.59. The van der Waals surface area contributed by atoms with E-state index in [1.54, 1.807) is 6.07 Å². The summed E-state index contributed by atoms with van der Waals surface area (Å²) < 4.78 is 0. The maximum Gasteiger partial charge on any atom is 0.273 e. The lowest BCUT2D eigenvalue weighted by Crippen LogP contribution is -2.31. The molecule has 1 heterocycles. The Hall–Kier alpha value is -1.58. The molecule has 0 atom stereocenters. The van der Waals surface area contributed by atoms with Gasteiger partial charge in [0.2, 0.25) is 0 Å². The lowest BCUT2D eigenvalue weighted by atomic mass is 9.98. The zero-order chi connectivity index (χ0) is 12.5. The molecule has 4 nitrogen and oxygen atoms in total. The van der Waals surface area contributed by atoms with E-state index in [1.165, 1.54) is 37.9 Å². The summed E-state index contributed by atoms with van der Waals surface area (Å²) in [6, 6.07) is 3.10. The van der Waals surface area contributed by atoms with Crippen LogP contribution in [-0.2, 0) is 0 Å². The number of carbonyl (C=O) groups is 1. The Morgan fingerprint density at radius 1 is 1.39 bits per heavy atom. The molecule has 1 aromatic rings. The maximum atomic E-state index is 11.9. The summed E-state index contributed by atoms with van der Waals surface area (Å²) in [5.74, 6) is 1.95. The number of amides is 1. The molecule has 2 aliphatic carbocycles. The molecule has 2 aliphatic rings. The molecule has 0 spiro atoms. The Kier molecular flexibility index (Phi) is 2.94. The molecule has 0 unspecified atom stereocenters. The molecule has 0 aliphatic heterocycles. The highest BCUT2D eigenvalue weighted by atomic mass is 16.3. The largest absolute Gasteiger partial charge is 0.505 e. The number of aromatic nitrogens is 1. The van der Waals surface area contributed by atoms with E-state index in [9.17, 15) is 9.90 Å². The summed E-state index contributed by atoms with van der Waals surface area (Å²) >= 11 is 0. The number of nitrogens with zero attached hydrogens (tertiary/aromatic N) is 1. The number of hydrogen-bond acceptors (Lipinski definition) is 3. The van der Waals surface area contributed by atoms with Gasteiger partial charge in [-0.1, -0.05) is 0 Å². The van der Waals surface area contributed by atoms with Crippen molar-refractivity contribution in [2.75, 3.05) is 6.54 Å². The first kappa shape index (κ1) is 11.5. The van der Waals surface area contributed by atoms with E-state index in [1.807, 2.05) is 0 Å². The summed E-state index contributed by atoms with van der Waals surface area (Å²) in [6.07, 6.45) is 6.77. The first-order chi connectivity index (χ1) is 8.75. The van der Waals surface area contributed by atoms with Crippen molar-refractivity contribution in [2.45, 2.75) is 25.7 Å². The summed E-state index contributed by atoms with van der Waals surface area (Å²) in [7, 11) is 0. The number of pyridine rings is 1. The normalized spacial score (nSPS) is 18.9. The van der Waals surface area contributed by atoms with Crippen molar-refractivity contribution in [1.82, 2.24) is 10.3 Å². The highest BCUT2D eigenvalue weighted by Gasteiger charge is 2.41. The fourth-order valence-corrected chi connectivity index (χ4v) is 2.63. The second kappa shape index (κ2) is 4.59. The molecule has 0 saturated heterocycles. The van der Waals surface area contributed by atoms with Crippen molar-refractivity contribution < 1.29 is 9.90 Å². The van der Waals surface area contributed by atoms with E-state index in [0.717, 1.165) is 18.4 Å². The Morgan fingerprint density at radius 3 is 2.61 bits per heavy atom. The van der Waals surface area contributed by atoms with Crippen LogP contribution in [-0.4, -0.2) is 22.5 Å². The van der Waals surface area contributed by atoms with Gasteiger partial charge in [-0.25, -0.2) is 4.98 Å². The van der Waals surface area contributed by atoms with Crippen LogP contribution in [0.4, 0.5) is 0 Å². The van der Waals surface area contributed by atoms with Crippen molar-refractivity contribution in [3.05, 3.63) is 24.0 Å². The average molecular weight is 246 g/mol. The molecular weight excluding hydrogens is 228 g/mol. The van der Waals surface area contributed by atoms with Crippen molar-refractivity contribution in [2.24, 2.45) is 17.8 Å². The summed E-state index contributed by atoms with van der Waals surface area (Å²) in [5.41, 5.74) is 0.128. The third-order valence-corrected chi connectivity index (χ3v) is 3.95. The van der Waals surface area contributed by atoms with Crippen molar-refractivity contribution in [3.8, 4) is 5.75 Å². The minimum absolute atomic E-state index is 0.0515.